The van der Waals surface area contributed by atoms with E-state index in [1.54, 1.807) is 4.68 Å². The lowest BCUT2D eigenvalue weighted by molar-refractivity contribution is 0.138. The smallest absolute Gasteiger partial charge is 0.130 e. The van der Waals surface area contributed by atoms with Gasteiger partial charge < -0.3 is 0 Å². The van der Waals surface area contributed by atoms with Crippen molar-refractivity contribution < 1.29 is 4.39 Å². The summed E-state index contributed by atoms with van der Waals surface area (Å²) >= 11 is 0. The Bertz CT molecular complexity index is 324. The van der Waals surface area contributed by atoms with Gasteiger partial charge in [-0.2, -0.15) is 5.10 Å². The standard InChI is InChI=1S/C11H17FN2/c1-9-7-10(2)14(13-9)8-11(12)5-3-4-6-11/h7H,3-6,8H2,1-2H3. The predicted octanol–water partition coefficient (Wildman–Crippen LogP) is 2.78. The van der Waals surface area contributed by atoms with Crippen LogP contribution in [0.5, 0.6) is 0 Å². The van der Waals surface area contributed by atoms with E-state index < -0.39 is 5.67 Å². The zero-order chi connectivity index (χ0) is 10.2. The molecule has 1 saturated carbocycles. The van der Waals surface area contributed by atoms with Crippen LogP contribution >= 0.6 is 0 Å². The molecule has 14 heavy (non-hydrogen) atoms. The van der Waals surface area contributed by atoms with Crippen molar-refractivity contribution in [3.63, 3.8) is 0 Å². The molecule has 0 bridgehead atoms. The van der Waals surface area contributed by atoms with Gasteiger partial charge in [0.2, 0.25) is 0 Å². The van der Waals surface area contributed by atoms with E-state index in [0.29, 0.717) is 19.4 Å². The Labute approximate surface area is 84.1 Å². The van der Waals surface area contributed by atoms with E-state index in [4.69, 9.17) is 0 Å². The third kappa shape index (κ3) is 1.81. The number of hydrogen-bond acceptors (Lipinski definition) is 1. The summed E-state index contributed by atoms with van der Waals surface area (Å²) in [5.41, 5.74) is 1.04. The van der Waals surface area contributed by atoms with Gasteiger partial charge in [-0.3, -0.25) is 4.68 Å². The van der Waals surface area contributed by atoms with Gasteiger partial charge in [0, 0.05) is 5.69 Å². The summed E-state index contributed by atoms with van der Waals surface area (Å²) in [5.74, 6) is 0. The van der Waals surface area contributed by atoms with E-state index >= 15 is 0 Å². The van der Waals surface area contributed by atoms with E-state index in [0.717, 1.165) is 24.2 Å². The predicted molar refractivity (Wildman–Crippen MR) is 54.0 cm³/mol. The molecule has 78 valence electrons. The summed E-state index contributed by atoms with van der Waals surface area (Å²) in [7, 11) is 0. The van der Waals surface area contributed by atoms with Crippen molar-refractivity contribution in [2.24, 2.45) is 0 Å². The van der Waals surface area contributed by atoms with E-state index in [2.05, 4.69) is 5.10 Å². The number of alkyl halides is 1. The fraction of sp³-hybridized carbons (Fsp3) is 0.727. The molecule has 1 fully saturated rings. The highest BCUT2D eigenvalue weighted by atomic mass is 19.1. The van der Waals surface area contributed by atoms with Gasteiger partial charge in [0.15, 0.2) is 0 Å². The summed E-state index contributed by atoms with van der Waals surface area (Å²) in [6.45, 7) is 4.37. The highest BCUT2D eigenvalue weighted by Crippen LogP contribution is 2.34. The van der Waals surface area contributed by atoms with Gasteiger partial charge in [0.05, 0.1) is 12.2 Å². The molecule has 0 saturated heterocycles. The first kappa shape index (κ1) is 9.69. The minimum atomic E-state index is -0.997. The molecule has 0 radical (unpaired) electrons. The van der Waals surface area contributed by atoms with Crippen molar-refractivity contribution in [1.29, 1.82) is 0 Å². The van der Waals surface area contributed by atoms with Gasteiger partial charge >= 0.3 is 0 Å². The summed E-state index contributed by atoms with van der Waals surface area (Å²) in [5, 5.41) is 4.30. The zero-order valence-electron chi connectivity index (χ0n) is 8.89. The molecule has 0 unspecified atom stereocenters. The van der Waals surface area contributed by atoms with E-state index in [1.807, 2.05) is 19.9 Å². The van der Waals surface area contributed by atoms with Crippen LogP contribution in [-0.4, -0.2) is 15.4 Å². The van der Waals surface area contributed by atoms with Crippen LogP contribution in [0.1, 0.15) is 37.1 Å². The molecule has 1 aromatic rings. The second kappa shape index (κ2) is 3.37. The second-order valence-electron chi connectivity index (χ2n) is 4.44. The van der Waals surface area contributed by atoms with Crippen LogP contribution in [0.4, 0.5) is 4.39 Å². The molecule has 0 atom stereocenters. The first-order chi connectivity index (χ1) is 6.59. The summed E-state index contributed by atoms with van der Waals surface area (Å²) in [6.07, 6.45) is 3.45. The molecule has 1 aromatic heterocycles. The molecule has 2 rings (SSSR count). The third-order valence-electron chi connectivity index (χ3n) is 3.04. The Morgan fingerprint density at radius 1 is 1.43 bits per heavy atom. The second-order valence-corrected chi connectivity index (χ2v) is 4.44. The van der Waals surface area contributed by atoms with Crippen molar-refractivity contribution in [1.82, 2.24) is 9.78 Å². The average molecular weight is 196 g/mol. The van der Waals surface area contributed by atoms with E-state index in [1.165, 1.54) is 0 Å². The number of aromatic nitrogens is 2. The van der Waals surface area contributed by atoms with Crippen molar-refractivity contribution in [2.75, 3.05) is 0 Å². The highest BCUT2D eigenvalue weighted by Gasteiger charge is 2.34. The molecule has 1 aliphatic rings. The molecule has 3 heteroatoms. The van der Waals surface area contributed by atoms with Crippen molar-refractivity contribution >= 4 is 0 Å². The molecule has 0 spiro atoms. The maximum absolute atomic E-state index is 14.1. The molecule has 0 aromatic carbocycles. The number of halogens is 1. The maximum atomic E-state index is 14.1. The van der Waals surface area contributed by atoms with Crippen molar-refractivity contribution in [3.05, 3.63) is 17.5 Å². The van der Waals surface area contributed by atoms with Crippen LogP contribution in [0.15, 0.2) is 6.07 Å². The van der Waals surface area contributed by atoms with Crippen LogP contribution in [0.2, 0.25) is 0 Å². The van der Waals surface area contributed by atoms with Gasteiger partial charge in [-0.25, -0.2) is 4.39 Å². The SMILES string of the molecule is Cc1cc(C)n(CC2(F)CCCC2)n1. The maximum Gasteiger partial charge on any atom is 0.130 e. The van der Waals surface area contributed by atoms with Crippen molar-refractivity contribution in [2.45, 2.75) is 51.7 Å². The molecule has 0 N–H and O–H groups in total. The zero-order valence-corrected chi connectivity index (χ0v) is 8.89. The third-order valence-corrected chi connectivity index (χ3v) is 3.04. The molecule has 0 amide bonds. The normalized spacial score (nSPS) is 20.2. The van der Waals surface area contributed by atoms with Crippen LogP contribution in [0.3, 0.4) is 0 Å². The van der Waals surface area contributed by atoms with Gasteiger partial charge in [0.25, 0.3) is 0 Å². The van der Waals surface area contributed by atoms with Crippen LogP contribution in [0, 0.1) is 13.8 Å². The number of rotatable bonds is 2. The number of nitrogens with zero attached hydrogens (tertiary/aromatic N) is 2. The lowest BCUT2D eigenvalue weighted by atomic mass is 10.1. The molecular formula is C11H17FN2. The van der Waals surface area contributed by atoms with Gasteiger partial charge in [-0.05, 0) is 32.8 Å². The van der Waals surface area contributed by atoms with Crippen LogP contribution < -0.4 is 0 Å². The Morgan fingerprint density at radius 3 is 2.57 bits per heavy atom. The average Bonchev–Trinajstić information content (AvgIpc) is 2.61. The number of hydrogen-bond donors (Lipinski definition) is 0. The molecule has 2 nitrogen and oxygen atoms in total. The monoisotopic (exact) mass is 196 g/mol. The first-order valence-corrected chi connectivity index (χ1v) is 5.29. The molecule has 0 aliphatic heterocycles. The van der Waals surface area contributed by atoms with Gasteiger partial charge in [0.1, 0.15) is 5.67 Å². The first-order valence-electron chi connectivity index (χ1n) is 5.29. The lowest BCUT2D eigenvalue weighted by Crippen LogP contribution is -2.26. The van der Waals surface area contributed by atoms with Crippen LogP contribution in [0.25, 0.3) is 0 Å². The topological polar surface area (TPSA) is 17.8 Å². The summed E-state index contributed by atoms with van der Waals surface area (Å²) < 4.78 is 15.9. The van der Waals surface area contributed by atoms with Crippen molar-refractivity contribution in [3.8, 4) is 0 Å². The fourth-order valence-corrected chi connectivity index (χ4v) is 2.27. The molecule has 1 heterocycles. The van der Waals surface area contributed by atoms with Gasteiger partial charge in [-0.1, -0.05) is 12.8 Å². The van der Waals surface area contributed by atoms with Crippen LogP contribution in [-0.2, 0) is 6.54 Å². The fourth-order valence-electron chi connectivity index (χ4n) is 2.27. The Balaban J connectivity index is 2.13. The minimum absolute atomic E-state index is 0.437. The largest absolute Gasteiger partial charge is 0.266 e. The summed E-state index contributed by atoms with van der Waals surface area (Å²) in [4.78, 5) is 0. The quantitative estimate of drug-likeness (QED) is 0.711. The Morgan fingerprint density at radius 2 is 2.07 bits per heavy atom. The Kier molecular flexibility index (Phi) is 2.33. The molecule has 1 aliphatic carbocycles. The summed E-state index contributed by atoms with van der Waals surface area (Å²) in [6, 6.07) is 2.00. The number of aryl methyl sites for hydroxylation is 2. The van der Waals surface area contributed by atoms with E-state index in [9.17, 15) is 4.39 Å². The van der Waals surface area contributed by atoms with E-state index in [-0.39, 0.29) is 0 Å². The van der Waals surface area contributed by atoms with Gasteiger partial charge in [-0.15, -0.1) is 0 Å². The lowest BCUT2D eigenvalue weighted by Gasteiger charge is -2.19. The molecular weight excluding hydrogens is 179 g/mol. The minimum Gasteiger partial charge on any atom is -0.266 e. The highest BCUT2D eigenvalue weighted by molar-refractivity contribution is 5.07. The Hall–Kier alpha value is -0.860.